The Morgan fingerprint density at radius 2 is 1.74 bits per heavy atom. The van der Waals surface area contributed by atoms with Crippen LogP contribution >= 0.6 is 0 Å². The summed E-state index contributed by atoms with van der Waals surface area (Å²) in [6, 6.07) is 9.30. The molecular formula is C29H32N2O7S. The molecule has 0 unspecified atom stereocenters. The number of ether oxygens (including phenoxy) is 3. The highest BCUT2D eigenvalue weighted by Gasteiger charge is 2.33. The number of carbonyl (C=O) groups excluding carboxylic acids is 2. The minimum Gasteiger partial charge on any atom is -0.497 e. The van der Waals surface area contributed by atoms with Gasteiger partial charge < -0.3 is 19.9 Å². The normalized spacial score (nSPS) is 11.8. The molecule has 0 fully saturated rings. The maximum Gasteiger partial charge on any atom is 0.339 e. The highest BCUT2D eigenvalue weighted by molar-refractivity contribution is 7.91. The van der Waals surface area contributed by atoms with E-state index in [-0.39, 0.29) is 38.6 Å². The number of sulfone groups is 1. The van der Waals surface area contributed by atoms with Crippen LogP contribution in [0.3, 0.4) is 0 Å². The van der Waals surface area contributed by atoms with Crippen molar-refractivity contribution in [2.45, 2.75) is 49.5 Å². The number of aromatic nitrogens is 1. The number of hydrogen-bond acceptors (Lipinski definition) is 9. The number of rotatable bonds is 8. The van der Waals surface area contributed by atoms with Crippen LogP contribution in [0.2, 0.25) is 0 Å². The Labute approximate surface area is 228 Å². The van der Waals surface area contributed by atoms with Gasteiger partial charge in [-0.3, -0.25) is 4.98 Å². The van der Waals surface area contributed by atoms with Crippen molar-refractivity contribution in [1.82, 2.24) is 4.98 Å². The number of methoxy groups -OCH3 is 2. The molecule has 0 amide bonds. The first kappa shape index (κ1) is 29.4. The average Bonchev–Trinajstić information content (AvgIpc) is 2.89. The summed E-state index contributed by atoms with van der Waals surface area (Å²) in [5.41, 5.74) is 7.12. The number of anilines is 1. The molecule has 206 valence electrons. The number of esters is 2. The Morgan fingerprint density at radius 3 is 2.28 bits per heavy atom. The van der Waals surface area contributed by atoms with Crippen molar-refractivity contribution in [1.29, 1.82) is 0 Å². The predicted octanol–water partition coefficient (Wildman–Crippen LogP) is 4.55. The summed E-state index contributed by atoms with van der Waals surface area (Å²) in [5.74, 6) is -1.02. The monoisotopic (exact) mass is 552 g/mol. The molecule has 0 atom stereocenters. The number of hydrogen-bond donors (Lipinski definition) is 1. The van der Waals surface area contributed by atoms with Gasteiger partial charge in [-0.1, -0.05) is 6.07 Å². The van der Waals surface area contributed by atoms with Crippen LogP contribution in [0.25, 0.3) is 6.08 Å². The van der Waals surface area contributed by atoms with Crippen LogP contribution in [-0.2, 0) is 30.5 Å². The van der Waals surface area contributed by atoms with Gasteiger partial charge in [0.1, 0.15) is 11.4 Å². The molecular weight excluding hydrogens is 520 g/mol. The Bertz CT molecular complexity index is 1510. The first-order valence-corrected chi connectivity index (χ1v) is 13.5. The number of nitrogens with two attached hydrogens (primary N) is 1. The Morgan fingerprint density at radius 1 is 1.08 bits per heavy atom. The molecule has 1 heterocycles. The lowest BCUT2D eigenvalue weighted by molar-refractivity contribution is -0.148. The van der Waals surface area contributed by atoms with Crippen molar-refractivity contribution < 1.29 is 32.2 Å². The van der Waals surface area contributed by atoms with E-state index < -0.39 is 27.4 Å². The van der Waals surface area contributed by atoms with Crippen molar-refractivity contribution >= 4 is 33.5 Å². The van der Waals surface area contributed by atoms with Gasteiger partial charge in [0.15, 0.2) is 0 Å². The third-order valence-electron chi connectivity index (χ3n) is 5.81. The van der Waals surface area contributed by atoms with Gasteiger partial charge >= 0.3 is 11.9 Å². The molecule has 0 aliphatic rings. The summed E-state index contributed by atoms with van der Waals surface area (Å²) in [6.45, 7) is 6.72. The van der Waals surface area contributed by atoms with E-state index in [0.29, 0.717) is 16.9 Å². The maximum absolute atomic E-state index is 14.0. The Balaban J connectivity index is 2.37. The average molecular weight is 553 g/mol. The van der Waals surface area contributed by atoms with Crippen LogP contribution in [0.4, 0.5) is 5.69 Å². The fourth-order valence-corrected chi connectivity index (χ4v) is 5.76. The van der Waals surface area contributed by atoms with Crippen LogP contribution < -0.4 is 10.5 Å². The molecule has 0 radical (unpaired) electrons. The highest BCUT2D eigenvalue weighted by Crippen LogP contribution is 2.38. The molecule has 0 spiro atoms. The minimum atomic E-state index is -4.26. The summed E-state index contributed by atoms with van der Waals surface area (Å²) in [7, 11) is -1.62. The molecule has 0 aliphatic carbocycles. The highest BCUT2D eigenvalue weighted by atomic mass is 32.2. The van der Waals surface area contributed by atoms with Crippen molar-refractivity contribution in [2.24, 2.45) is 0 Å². The van der Waals surface area contributed by atoms with Crippen LogP contribution in [0, 0.1) is 6.92 Å². The molecule has 10 heteroatoms. The van der Waals surface area contributed by atoms with Gasteiger partial charge in [-0.2, -0.15) is 0 Å². The summed E-state index contributed by atoms with van der Waals surface area (Å²) < 4.78 is 43.5. The van der Waals surface area contributed by atoms with E-state index >= 15 is 0 Å². The standard InChI is InChI=1S/C29H32N2O7S/c1-18-26(30)22(13-14-24(32)38-29(2,3)4)23(16-19-8-7-15-31-17-19)25(28(33)37-6)27(18)39(34,35)21-11-9-20(36-5)10-12-21/h7-15,17H,16,30H2,1-6H3. The molecule has 2 N–H and O–H groups in total. The number of benzene rings is 2. The van der Waals surface area contributed by atoms with Crippen LogP contribution in [0.15, 0.2) is 64.7 Å². The fraction of sp³-hybridized carbons (Fsp3) is 0.276. The number of nitrogens with zero attached hydrogens (tertiary/aromatic N) is 1. The zero-order chi connectivity index (χ0) is 29.0. The van der Waals surface area contributed by atoms with E-state index in [2.05, 4.69) is 4.98 Å². The molecule has 39 heavy (non-hydrogen) atoms. The molecule has 0 bridgehead atoms. The molecule has 1 aromatic heterocycles. The van der Waals surface area contributed by atoms with Gasteiger partial charge in [0, 0.05) is 36.1 Å². The van der Waals surface area contributed by atoms with Crippen LogP contribution in [0.1, 0.15) is 53.4 Å². The van der Waals surface area contributed by atoms with Crippen LogP contribution in [-0.4, -0.2) is 45.2 Å². The second-order valence-electron chi connectivity index (χ2n) is 9.71. The summed E-state index contributed by atoms with van der Waals surface area (Å²) >= 11 is 0. The van der Waals surface area contributed by atoms with Crippen molar-refractivity contribution in [3.8, 4) is 5.75 Å². The zero-order valence-electron chi connectivity index (χ0n) is 22.8. The number of nitrogen functional groups attached to an aromatic ring is 1. The molecule has 0 saturated carbocycles. The topological polar surface area (TPSA) is 135 Å². The third-order valence-corrected chi connectivity index (χ3v) is 7.75. The van der Waals surface area contributed by atoms with Crippen molar-refractivity contribution in [3.63, 3.8) is 0 Å². The van der Waals surface area contributed by atoms with Gasteiger partial charge in [-0.25, -0.2) is 18.0 Å². The first-order valence-electron chi connectivity index (χ1n) is 12.0. The minimum absolute atomic E-state index is 0.0553. The summed E-state index contributed by atoms with van der Waals surface area (Å²) in [6.07, 6.45) is 5.90. The summed E-state index contributed by atoms with van der Waals surface area (Å²) in [4.78, 5) is 29.6. The second-order valence-corrected chi connectivity index (χ2v) is 11.6. The smallest absolute Gasteiger partial charge is 0.339 e. The fourth-order valence-electron chi connectivity index (χ4n) is 4.04. The lowest BCUT2D eigenvalue weighted by Gasteiger charge is -2.22. The molecule has 0 aliphatic heterocycles. The lowest BCUT2D eigenvalue weighted by atomic mass is 9.91. The maximum atomic E-state index is 14.0. The predicted molar refractivity (Wildman–Crippen MR) is 147 cm³/mol. The zero-order valence-corrected chi connectivity index (χ0v) is 23.6. The molecule has 3 rings (SSSR count). The quantitative estimate of drug-likeness (QED) is 0.243. The van der Waals surface area contributed by atoms with Gasteiger partial charge in [-0.05, 0) is 80.8 Å². The van der Waals surface area contributed by atoms with Crippen molar-refractivity contribution in [2.75, 3.05) is 20.0 Å². The molecule has 0 saturated heterocycles. The SMILES string of the molecule is COC(=O)c1c(Cc2cccnc2)c(C=CC(=O)OC(C)(C)C)c(N)c(C)c1S(=O)(=O)c1ccc(OC)cc1. The third kappa shape index (κ3) is 6.64. The van der Waals surface area contributed by atoms with E-state index in [1.165, 1.54) is 57.6 Å². The van der Waals surface area contributed by atoms with Gasteiger partial charge in [0.05, 0.1) is 29.6 Å². The summed E-state index contributed by atoms with van der Waals surface area (Å²) in [5, 5.41) is 0. The second kappa shape index (κ2) is 11.7. The first-order chi connectivity index (χ1) is 18.3. The largest absolute Gasteiger partial charge is 0.497 e. The Hall–Kier alpha value is -4.18. The number of pyridine rings is 1. The van der Waals surface area contributed by atoms with E-state index in [9.17, 15) is 18.0 Å². The van der Waals surface area contributed by atoms with E-state index in [4.69, 9.17) is 19.9 Å². The van der Waals surface area contributed by atoms with Crippen LogP contribution in [0.5, 0.6) is 5.75 Å². The molecule has 3 aromatic rings. The van der Waals surface area contributed by atoms with Gasteiger partial charge in [-0.15, -0.1) is 0 Å². The molecule has 2 aromatic carbocycles. The molecule has 9 nitrogen and oxygen atoms in total. The van der Waals surface area contributed by atoms with Crippen molar-refractivity contribution in [3.05, 3.63) is 82.7 Å². The van der Waals surface area contributed by atoms with Gasteiger partial charge in [0.2, 0.25) is 9.84 Å². The van der Waals surface area contributed by atoms with E-state index in [1.807, 2.05) is 0 Å². The van der Waals surface area contributed by atoms with E-state index in [1.54, 1.807) is 45.3 Å². The lowest BCUT2D eigenvalue weighted by Crippen LogP contribution is -2.22. The van der Waals surface area contributed by atoms with E-state index in [0.717, 1.165) is 0 Å². The number of carbonyl (C=O) groups is 2. The Kier molecular flexibility index (Phi) is 8.81. The van der Waals surface area contributed by atoms with Gasteiger partial charge in [0.25, 0.3) is 0 Å².